The molecule has 0 aliphatic carbocycles. The molecule has 0 spiro atoms. The van der Waals surface area contributed by atoms with E-state index in [0.717, 1.165) is 17.1 Å². The highest BCUT2D eigenvalue weighted by Gasteiger charge is 2.12. The third kappa shape index (κ3) is 4.87. The van der Waals surface area contributed by atoms with Crippen LogP contribution in [-0.4, -0.2) is 32.3 Å². The summed E-state index contributed by atoms with van der Waals surface area (Å²) in [7, 11) is 0. The number of nitrogens with one attached hydrogen (secondary N) is 1. The SMILES string of the molecule is O=C(COc1cc(Cl)c(Cl)cc1Cl)NCCc1ccc2c(c1)OCCO2. The van der Waals surface area contributed by atoms with E-state index in [1.165, 1.54) is 12.1 Å². The predicted octanol–water partition coefficient (Wildman–Crippen LogP) is 4.16. The van der Waals surface area contributed by atoms with Gasteiger partial charge in [0.25, 0.3) is 5.91 Å². The first-order valence-corrected chi connectivity index (χ1v) is 9.09. The molecule has 26 heavy (non-hydrogen) atoms. The second-order valence-corrected chi connectivity index (χ2v) is 6.78. The third-order valence-corrected chi connectivity index (χ3v) is 4.69. The van der Waals surface area contributed by atoms with E-state index in [1.807, 2.05) is 18.2 Å². The number of halogens is 3. The monoisotopic (exact) mass is 415 g/mol. The van der Waals surface area contributed by atoms with Crippen LogP contribution in [0.25, 0.3) is 0 Å². The van der Waals surface area contributed by atoms with Crippen molar-refractivity contribution < 1.29 is 19.0 Å². The van der Waals surface area contributed by atoms with Crippen LogP contribution in [0, 0.1) is 0 Å². The fourth-order valence-corrected chi connectivity index (χ4v) is 2.99. The van der Waals surface area contributed by atoms with E-state index in [0.29, 0.717) is 47.0 Å². The van der Waals surface area contributed by atoms with Gasteiger partial charge in [0.05, 0.1) is 15.1 Å². The maximum Gasteiger partial charge on any atom is 0.257 e. The number of amides is 1. The number of carbonyl (C=O) groups excluding carboxylic acids is 1. The largest absolute Gasteiger partial charge is 0.486 e. The third-order valence-electron chi connectivity index (χ3n) is 3.68. The molecular formula is C18H16Cl3NO4. The van der Waals surface area contributed by atoms with Crippen LogP contribution in [0.4, 0.5) is 0 Å². The molecule has 5 nitrogen and oxygen atoms in total. The highest BCUT2D eigenvalue weighted by atomic mass is 35.5. The molecule has 0 atom stereocenters. The fourth-order valence-electron chi connectivity index (χ4n) is 2.40. The second kappa shape index (κ2) is 8.71. The highest BCUT2D eigenvalue weighted by molar-refractivity contribution is 6.43. The number of hydrogen-bond acceptors (Lipinski definition) is 4. The summed E-state index contributed by atoms with van der Waals surface area (Å²) < 4.78 is 16.4. The number of ether oxygens (including phenoxy) is 3. The van der Waals surface area contributed by atoms with Crippen molar-refractivity contribution in [2.45, 2.75) is 6.42 Å². The van der Waals surface area contributed by atoms with Gasteiger partial charge in [-0.2, -0.15) is 0 Å². The van der Waals surface area contributed by atoms with Gasteiger partial charge >= 0.3 is 0 Å². The Labute approximate surface area is 166 Å². The minimum atomic E-state index is -0.260. The highest BCUT2D eigenvalue weighted by Crippen LogP contribution is 2.34. The Bertz CT molecular complexity index is 813. The predicted molar refractivity (Wildman–Crippen MR) is 101 cm³/mol. The van der Waals surface area contributed by atoms with Crippen LogP contribution < -0.4 is 19.5 Å². The van der Waals surface area contributed by atoms with Crippen LogP contribution in [0.15, 0.2) is 30.3 Å². The van der Waals surface area contributed by atoms with Gasteiger partial charge in [-0.1, -0.05) is 40.9 Å². The van der Waals surface area contributed by atoms with E-state index in [-0.39, 0.29) is 12.5 Å². The van der Waals surface area contributed by atoms with Crippen LogP contribution >= 0.6 is 34.8 Å². The molecule has 0 saturated heterocycles. The summed E-state index contributed by atoms with van der Waals surface area (Å²) in [6, 6.07) is 8.70. The van der Waals surface area contributed by atoms with E-state index >= 15 is 0 Å². The van der Waals surface area contributed by atoms with Gasteiger partial charge in [-0.3, -0.25) is 4.79 Å². The lowest BCUT2D eigenvalue weighted by atomic mass is 10.1. The van der Waals surface area contributed by atoms with E-state index in [9.17, 15) is 4.79 Å². The maximum absolute atomic E-state index is 11.9. The lowest BCUT2D eigenvalue weighted by Gasteiger charge is -2.18. The first-order chi connectivity index (χ1) is 12.5. The molecule has 3 rings (SSSR count). The van der Waals surface area contributed by atoms with Crippen molar-refractivity contribution in [2.75, 3.05) is 26.4 Å². The topological polar surface area (TPSA) is 56.8 Å². The Balaban J connectivity index is 1.45. The average Bonchev–Trinajstić information content (AvgIpc) is 2.63. The standard InChI is InChI=1S/C18H16Cl3NO4/c19-12-8-14(21)16(9-13(12)20)26-10-18(23)22-4-3-11-1-2-15-17(7-11)25-6-5-24-15/h1-2,7-9H,3-6,10H2,(H,22,23). The van der Waals surface area contributed by atoms with Crippen LogP contribution in [0.3, 0.4) is 0 Å². The molecule has 1 amide bonds. The van der Waals surface area contributed by atoms with Crippen LogP contribution in [-0.2, 0) is 11.2 Å². The average molecular weight is 417 g/mol. The summed E-state index contributed by atoms with van der Waals surface area (Å²) in [6.07, 6.45) is 0.663. The number of fused-ring (bicyclic) bond motifs is 1. The normalized spacial score (nSPS) is 12.6. The summed E-state index contributed by atoms with van der Waals surface area (Å²) >= 11 is 17.8. The van der Waals surface area contributed by atoms with Crippen LogP contribution in [0.5, 0.6) is 17.2 Å². The second-order valence-electron chi connectivity index (χ2n) is 5.56. The van der Waals surface area contributed by atoms with Gasteiger partial charge in [-0.15, -0.1) is 0 Å². The Hall–Kier alpha value is -1.82. The van der Waals surface area contributed by atoms with Gasteiger partial charge in [0.1, 0.15) is 19.0 Å². The molecule has 0 unspecified atom stereocenters. The molecule has 1 aliphatic rings. The number of benzene rings is 2. The molecule has 0 saturated carbocycles. The summed E-state index contributed by atoms with van der Waals surface area (Å²) in [6.45, 7) is 1.41. The number of carbonyl (C=O) groups is 1. The van der Waals surface area contributed by atoms with Crippen molar-refractivity contribution in [3.05, 3.63) is 51.0 Å². The molecular weight excluding hydrogens is 401 g/mol. The first kappa shape index (κ1) is 19.0. The Kier molecular flexibility index (Phi) is 6.35. The zero-order chi connectivity index (χ0) is 18.5. The van der Waals surface area contributed by atoms with Crippen LogP contribution in [0.1, 0.15) is 5.56 Å². The van der Waals surface area contributed by atoms with Gasteiger partial charge in [-0.05, 0) is 30.2 Å². The van der Waals surface area contributed by atoms with Crippen molar-refractivity contribution >= 4 is 40.7 Å². The van der Waals surface area contributed by atoms with Gasteiger partial charge < -0.3 is 19.5 Å². The quantitative estimate of drug-likeness (QED) is 0.719. The lowest BCUT2D eigenvalue weighted by molar-refractivity contribution is -0.123. The lowest BCUT2D eigenvalue weighted by Crippen LogP contribution is -2.30. The summed E-state index contributed by atoms with van der Waals surface area (Å²) in [4.78, 5) is 11.9. The first-order valence-electron chi connectivity index (χ1n) is 7.95. The Morgan fingerprint density at radius 1 is 1.00 bits per heavy atom. The van der Waals surface area contributed by atoms with Crippen molar-refractivity contribution in [3.8, 4) is 17.2 Å². The molecule has 1 N–H and O–H groups in total. The molecule has 0 radical (unpaired) electrons. The molecule has 0 aromatic heterocycles. The molecule has 138 valence electrons. The molecule has 0 bridgehead atoms. The number of hydrogen-bond donors (Lipinski definition) is 1. The summed E-state index contributed by atoms with van der Waals surface area (Å²) in [5.41, 5.74) is 1.04. The molecule has 2 aromatic carbocycles. The zero-order valence-electron chi connectivity index (χ0n) is 13.7. The van der Waals surface area contributed by atoms with Crippen LogP contribution in [0.2, 0.25) is 15.1 Å². The zero-order valence-corrected chi connectivity index (χ0v) is 16.0. The molecule has 0 fully saturated rings. The summed E-state index contributed by atoms with van der Waals surface area (Å²) in [5.74, 6) is 1.53. The van der Waals surface area contributed by atoms with Crippen molar-refractivity contribution in [2.24, 2.45) is 0 Å². The maximum atomic E-state index is 11.9. The van der Waals surface area contributed by atoms with E-state index < -0.39 is 0 Å². The van der Waals surface area contributed by atoms with Crippen molar-refractivity contribution in [1.29, 1.82) is 0 Å². The Morgan fingerprint density at radius 3 is 2.54 bits per heavy atom. The van der Waals surface area contributed by atoms with Gasteiger partial charge in [0, 0.05) is 12.6 Å². The fraction of sp³-hybridized carbons (Fsp3) is 0.278. The molecule has 8 heteroatoms. The van der Waals surface area contributed by atoms with E-state index in [1.54, 1.807) is 0 Å². The van der Waals surface area contributed by atoms with Crippen molar-refractivity contribution in [3.63, 3.8) is 0 Å². The van der Waals surface area contributed by atoms with E-state index in [4.69, 9.17) is 49.0 Å². The smallest absolute Gasteiger partial charge is 0.257 e. The molecule has 2 aromatic rings. The van der Waals surface area contributed by atoms with E-state index in [2.05, 4.69) is 5.32 Å². The Morgan fingerprint density at radius 2 is 1.73 bits per heavy atom. The minimum absolute atomic E-state index is 0.168. The molecule has 1 aliphatic heterocycles. The summed E-state index contributed by atoms with van der Waals surface area (Å²) in [5, 5.41) is 3.72. The van der Waals surface area contributed by atoms with Crippen molar-refractivity contribution in [1.82, 2.24) is 5.32 Å². The number of rotatable bonds is 6. The van der Waals surface area contributed by atoms with Gasteiger partial charge in [-0.25, -0.2) is 0 Å². The minimum Gasteiger partial charge on any atom is -0.486 e. The van der Waals surface area contributed by atoms with Gasteiger partial charge in [0.15, 0.2) is 18.1 Å². The van der Waals surface area contributed by atoms with Gasteiger partial charge in [0.2, 0.25) is 0 Å². The molecule has 1 heterocycles.